The molecule has 2 saturated heterocycles. The Morgan fingerprint density at radius 2 is 1.15 bits per heavy atom. The van der Waals surface area contributed by atoms with Gasteiger partial charge in [0.15, 0.2) is 0 Å². The van der Waals surface area contributed by atoms with Gasteiger partial charge >= 0.3 is 32.6 Å². The van der Waals surface area contributed by atoms with Crippen LogP contribution in [0.3, 0.4) is 0 Å². The predicted molar refractivity (Wildman–Crippen MR) is 167 cm³/mol. The van der Waals surface area contributed by atoms with Crippen molar-refractivity contribution in [3.8, 4) is 11.5 Å². The Morgan fingerprint density at radius 1 is 0.729 bits per heavy atom. The number of carbonyl (C=O) groups is 1. The molecule has 2 heterocycles. The van der Waals surface area contributed by atoms with Crippen LogP contribution in [0.5, 0.6) is 11.5 Å². The minimum Gasteiger partial charge on any atom is -0.507 e. The number of phenolic OH excluding ortho intramolecular Hbond substituents is 1. The summed E-state index contributed by atoms with van der Waals surface area (Å²) in [5.74, 6) is -1.51. The maximum absolute atomic E-state index is 13.5. The van der Waals surface area contributed by atoms with Crippen molar-refractivity contribution in [3.05, 3.63) is 47.5 Å². The molecule has 0 unspecified atom stereocenters. The van der Waals surface area contributed by atoms with Gasteiger partial charge in [-0.05, 0) is 104 Å². The van der Waals surface area contributed by atoms with E-state index in [1.807, 2.05) is 55.4 Å². The number of halogens is 6. The van der Waals surface area contributed by atoms with Crippen molar-refractivity contribution in [1.29, 1.82) is 0 Å². The number of aromatic hydroxyl groups is 1. The molecule has 2 aromatic carbocycles. The van der Waals surface area contributed by atoms with E-state index in [0.29, 0.717) is 0 Å². The zero-order chi connectivity index (χ0) is 36.5. The molecular formula is C32H42B2F6O8. The lowest BCUT2D eigenvalue weighted by Crippen LogP contribution is -2.41. The van der Waals surface area contributed by atoms with E-state index >= 15 is 0 Å². The SMILES string of the molecule is CC1(C)OB(c2ccc(O)c(C(F)(F)F)c2)OC1(C)C.CCOC(=O)CCCOc1ccc(B2OC(C)(C)C(C)(C)O2)cc1C(F)(F)F. The standard InChI is InChI=1S/C19H26BF3O5.C13H16BF3O3/c1-6-25-16(24)8-7-11-26-15-10-9-13(12-14(15)19(21,22)23)20-27-17(2,3)18(4,5)28-20;1-11(2)12(3,4)20-14(19-11)8-5-6-10(18)9(7-8)13(15,16)17/h9-10,12H,6-8,11H2,1-5H3;5-7,18H,1-4H3. The lowest BCUT2D eigenvalue weighted by molar-refractivity contribution is -0.143. The predicted octanol–water partition coefficient (Wildman–Crippen LogP) is 6.44. The summed E-state index contributed by atoms with van der Waals surface area (Å²) in [5, 5.41) is 9.32. The van der Waals surface area contributed by atoms with Gasteiger partial charge in [-0.3, -0.25) is 4.79 Å². The number of alkyl halides is 6. The van der Waals surface area contributed by atoms with E-state index in [1.165, 1.54) is 18.2 Å². The summed E-state index contributed by atoms with van der Waals surface area (Å²) in [6.07, 6.45) is -8.88. The van der Waals surface area contributed by atoms with Gasteiger partial charge in [0.05, 0.1) is 46.7 Å². The van der Waals surface area contributed by atoms with Gasteiger partial charge in [-0.15, -0.1) is 0 Å². The van der Waals surface area contributed by atoms with Gasteiger partial charge < -0.3 is 33.2 Å². The van der Waals surface area contributed by atoms with Crippen molar-refractivity contribution in [2.45, 2.75) is 110 Å². The fraction of sp³-hybridized carbons (Fsp3) is 0.594. The highest BCUT2D eigenvalue weighted by molar-refractivity contribution is 6.62. The molecule has 0 spiro atoms. The Labute approximate surface area is 277 Å². The van der Waals surface area contributed by atoms with E-state index in [-0.39, 0.29) is 42.7 Å². The van der Waals surface area contributed by atoms with Crippen LogP contribution in [0.15, 0.2) is 36.4 Å². The maximum Gasteiger partial charge on any atom is 0.494 e. The van der Waals surface area contributed by atoms with Crippen molar-refractivity contribution in [2.75, 3.05) is 13.2 Å². The van der Waals surface area contributed by atoms with Gasteiger partial charge in [0.25, 0.3) is 0 Å². The summed E-state index contributed by atoms with van der Waals surface area (Å²) in [6.45, 7) is 16.5. The first-order valence-corrected chi connectivity index (χ1v) is 15.4. The van der Waals surface area contributed by atoms with Crippen molar-refractivity contribution in [3.63, 3.8) is 0 Å². The number of hydrogen-bond donors (Lipinski definition) is 1. The van der Waals surface area contributed by atoms with Crippen LogP contribution in [0.1, 0.15) is 86.3 Å². The van der Waals surface area contributed by atoms with E-state index in [0.717, 1.165) is 18.2 Å². The highest BCUT2D eigenvalue weighted by Gasteiger charge is 2.53. The maximum atomic E-state index is 13.5. The summed E-state index contributed by atoms with van der Waals surface area (Å²) >= 11 is 0. The third kappa shape index (κ3) is 9.19. The van der Waals surface area contributed by atoms with Gasteiger partial charge in [0.1, 0.15) is 11.5 Å². The van der Waals surface area contributed by atoms with Crippen LogP contribution < -0.4 is 15.7 Å². The van der Waals surface area contributed by atoms with Crippen molar-refractivity contribution in [1.82, 2.24) is 0 Å². The minimum absolute atomic E-state index is 0.0300. The number of esters is 1. The van der Waals surface area contributed by atoms with Crippen LogP contribution in [0.25, 0.3) is 0 Å². The summed E-state index contributed by atoms with van der Waals surface area (Å²) in [6, 6.07) is 6.97. The Balaban J connectivity index is 0.000000275. The van der Waals surface area contributed by atoms with E-state index in [2.05, 4.69) is 0 Å². The van der Waals surface area contributed by atoms with Crippen molar-refractivity contribution >= 4 is 31.1 Å². The number of phenols is 1. The fourth-order valence-corrected chi connectivity index (χ4v) is 4.56. The molecule has 0 bridgehead atoms. The Bertz CT molecular complexity index is 1410. The van der Waals surface area contributed by atoms with Crippen LogP contribution in [0, 0.1) is 0 Å². The molecule has 2 aromatic rings. The summed E-state index contributed by atoms with van der Waals surface area (Å²) in [4.78, 5) is 11.3. The third-order valence-corrected chi connectivity index (χ3v) is 8.77. The molecule has 0 amide bonds. The second-order valence-electron chi connectivity index (χ2n) is 13.5. The number of carbonyl (C=O) groups excluding carboxylic acids is 1. The molecule has 8 nitrogen and oxygen atoms in total. The van der Waals surface area contributed by atoms with E-state index < -0.39 is 71.8 Å². The minimum atomic E-state index is -4.62. The van der Waals surface area contributed by atoms with Gasteiger partial charge in [-0.2, -0.15) is 26.3 Å². The molecule has 0 aliphatic carbocycles. The molecule has 2 aliphatic rings. The first-order chi connectivity index (χ1) is 21.8. The van der Waals surface area contributed by atoms with Crippen LogP contribution >= 0.6 is 0 Å². The Hall–Kier alpha value is -2.94. The van der Waals surface area contributed by atoms with Crippen LogP contribution in [0.4, 0.5) is 26.3 Å². The first-order valence-electron chi connectivity index (χ1n) is 15.4. The van der Waals surface area contributed by atoms with Gasteiger partial charge in [-0.25, -0.2) is 0 Å². The molecule has 0 aromatic heterocycles. The second-order valence-corrected chi connectivity index (χ2v) is 13.5. The van der Waals surface area contributed by atoms with E-state index in [1.54, 1.807) is 6.92 Å². The first kappa shape index (κ1) is 39.5. The zero-order valence-corrected chi connectivity index (χ0v) is 28.5. The smallest absolute Gasteiger partial charge is 0.494 e. The number of ether oxygens (including phenoxy) is 2. The van der Waals surface area contributed by atoms with E-state index in [4.69, 9.17) is 28.1 Å². The van der Waals surface area contributed by atoms with E-state index in [9.17, 15) is 36.2 Å². The van der Waals surface area contributed by atoms with Gasteiger partial charge in [0.2, 0.25) is 0 Å². The Morgan fingerprint density at radius 3 is 1.56 bits per heavy atom. The molecular weight excluding hydrogens is 648 g/mol. The lowest BCUT2D eigenvalue weighted by atomic mass is 9.78. The van der Waals surface area contributed by atoms with Crippen molar-refractivity contribution in [2.24, 2.45) is 0 Å². The highest BCUT2D eigenvalue weighted by atomic mass is 19.4. The lowest BCUT2D eigenvalue weighted by Gasteiger charge is -2.32. The molecule has 0 atom stereocenters. The van der Waals surface area contributed by atoms with Crippen LogP contribution in [0.2, 0.25) is 0 Å². The summed E-state index contributed by atoms with van der Waals surface area (Å²) in [5.41, 5.74) is -4.07. The zero-order valence-electron chi connectivity index (χ0n) is 28.5. The largest absolute Gasteiger partial charge is 0.507 e. The molecule has 2 fully saturated rings. The van der Waals surface area contributed by atoms with Crippen LogP contribution in [-0.4, -0.2) is 60.9 Å². The van der Waals surface area contributed by atoms with Gasteiger partial charge in [0, 0.05) is 6.42 Å². The molecule has 4 rings (SSSR count). The molecule has 16 heteroatoms. The number of hydrogen-bond acceptors (Lipinski definition) is 8. The van der Waals surface area contributed by atoms with Gasteiger partial charge in [-0.1, -0.05) is 12.1 Å². The Kier molecular flexibility index (Phi) is 11.6. The second kappa shape index (κ2) is 14.1. The molecule has 266 valence electrons. The van der Waals surface area contributed by atoms with Crippen molar-refractivity contribution < 1.29 is 64.3 Å². The highest BCUT2D eigenvalue weighted by Crippen LogP contribution is 2.40. The monoisotopic (exact) mass is 690 g/mol. The topological polar surface area (TPSA) is 92.7 Å². The normalized spacial score (nSPS) is 19.5. The molecule has 48 heavy (non-hydrogen) atoms. The number of benzene rings is 2. The molecule has 0 saturated carbocycles. The fourth-order valence-electron chi connectivity index (χ4n) is 4.56. The summed E-state index contributed by atoms with van der Waals surface area (Å²) < 4.78 is 112. The average Bonchev–Trinajstić information content (AvgIpc) is 3.30. The molecule has 2 aliphatic heterocycles. The average molecular weight is 690 g/mol. The van der Waals surface area contributed by atoms with Crippen LogP contribution in [-0.2, 0) is 40.5 Å². The number of rotatable bonds is 8. The third-order valence-electron chi connectivity index (χ3n) is 8.77. The molecule has 0 radical (unpaired) electrons. The summed E-state index contributed by atoms with van der Waals surface area (Å²) in [7, 11) is -1.79. The quantitative estimate of drug-likeness (QED) is 0.147. The molecule has 1 N–H and O–H groups in total.